The van der Waals surface area contributed by atoms with E-state index in [2.05, 4.69) is 5.32 Å². The van der Waals surface area contributed by atoms with Crippen LogP contribution in [0.1, 0.15) is 41.0 Å². The Labute approximate surface area is 113 Å². The summed E-state index contributed by atoms with van der Waals surface area (Å²) < 4.78 is 5.03. The summed E-state index contributed by atoms with van der Waals surface area (Å²) in [6.07, 6.45) is -0.304. The van der Waals surface area contributed by atoms with Crippen LogP contribution in [0.5, 0.6) is 0 Å². The molecule has 0 unspecified atom stereocenters. The lowest BCUT2D eigenvalue weighted by molar-refractivity contribution is -0.139. The first-order chi connectivity index (χ1) is 8.11. The smallest absolute Gasteiger partial charge is 0.408 e. The third-order valence-corrected chi connectivity index (χ3v) is 2.98. The van der Waals surface area contributed by atoms with Crippen molar-refractivity contribution >= 4 is 23.8 Å². The molecule has 0 heterocycles. The number of carbonyl (C=O) groups is 2. The summed E-state index contributed by atoms with van der Waals surface area (Å²) >= 11 is 1.66. The summed E-state index contributed by atoms with van der Waals surface area (Å²) in [5, 5.41) is 11.8. The summed E-state index contributed by atoms with van der Waals surface area (Å²) in [4.78, 5) is 22.5. The lowest BCUT2D eigenvalue weighted by atomic mass is 10.2. The number of thioether (sulfide) groups is 1. The molecule has 0 aliphatic carbocycles. The zero-order chi connectivity index (χ0) is 14.3. The fourth-order valence-corrected chi connectivity index (χ4v) is 1.97. The van der Waals surface area contributed by atoms with Gasteiger partial charge in [-0.25, -0.2) is 9.59 Å². The number of carbonyl (C=O) groups excluding carboxylic acids is 1. The average Bonchev–Trinajstić information content (AvgIpc) is 2.12. The summed E-state index contributed by atoms with van der Waals surface area (Å²) in [6.45, 7) is 9.29. The van der Waals surface area contributed by atoms with Crippen molar-refractivity contribution in [2.75, 3.05) is 5.75 Å². The molecule has 1 atom stereocenters. The minimum absolute atomic E-state index is 0.386. The lowest BCUT2D eigenvalue weighted by Gasteiger charge is -2.22. The minimum Gasteiger partial charge on any atom is -0.480 e. The van der Waals surface area contributed by atoms with Crippen LogP contribution in [0, 0.1) is 0 Å². The molecule has 0 radical (unpaired) electrons. The number of amides is 1. The first-order valence-electron chi connectivity index (χ1n) is 5.95. The molecule has 2 N–H and O–H groups in total. The van der Waals surface area contributed by atoms with Crippen LogP contribution in [0.2, 0.25) is 0 Å². The van der Waals surface area contributed by atoms with E-state index < -0.39 is 23.7 Å². The van der Waals surface area contributed by atoms with Crippen LogP contribution in [0.25, 0.3) is 0 Å². The maximum atomic E-state index is 11.5. The molecule has 0 bridgehead atoms. The van der Waals surface area contributed by atoms with Crippen LogP contribution in [0.3, 0.4) is 0 Å². The number of alkyl carbamates (subject to hydrolysis) is 1. The van der Waals surface area contributed by atoms with Crippen molar-refractivity contribution in [2.45, 2.75) is 57.9 Å². The van der Waals surface area contributed by atoms with Crippen LogP contribution in [-0.4, -0.2) is 39.8 Å². The number of hydrogen-bond acceptors (Lipinski definition) is 4. The molecule has 0 aromatic rings. The standard InChI is InChI=1S/C12H23NO4S/c1-8(2)18-7-6-9(10(14)15)13-11(16)17-12(3,4)5/h8-9H,6-7H2,1-5H3,(H,13,16)(H,14,15)/t9-/m1/s1. The zero-order valence-corrected chi connectivity index (χ0v) is 12.5. The molecule has 0 aromatic carbocycles. The molecule has 0 saturated heterocycles. The summed E-state index contributed by atoms with van der Waals surface area (Å²) in [5.41, 5.74) is -0.625. The molecule has 18 heavy (non-hydrogen) atoms. The van der Waals surface area contributed by atoms with E-state index in [-0.39, 0.29) is 0 Å². The van der Waals surface area contributed by atoms with Gasteiger partial charge in [-0.15, -0.1) is 0 Å². The van der Waals surface area contributed by atoms with Crippen LogP contribution in [0.4, 0.5) is 4.79 Å². The number of aliphatic carboxylic acids is 1. The second kappa shape index (κ2) is 7.51. The molecule has 0 fully saturated rings. The Balaban J connectivity index is 4.19. The number of nitrogens with one attached hydrogen (secondary N) is 1. The molecule has 0 aliphatic rings. The normalized spacial score (nSPS) is 13.2. The van der Waals surface area contributed by atoms with Gasteiger partial charge in [0.15, 0.2) is 0 Å². The van der Waals surface area contributed by atoms with Crippen molar-refractivity contribution < 1.29 is 19.4 Å². The van der Waals surface area contributed by atoms with Gasteiger partial charge in [0.2, 0.25) is 0 Å². The van der Waals surface area contributed by atoms with Crippen molar-refractivity contribution in [3.8, 4) is 0 Å². The molecule has 0 aromatic heterocycles. The molecule has 106 valence electrons. The highest BCUT2D eigenvalue weighted by Gasteiger charge is 2.23. The number of rotatable bonds is 6. The zero-order valence-electron chi connectivity index (χ0n) is 11.6. The topological polar surface area (TPSA) is 75.6 Å². The Morgan fingerprint density at radius 2 is 1.89 bits per heavy atom. The molecule has 0 rings (SSSR count). The van der Waals surface area contributed by atoms with E-state index >= 15 is 0 Å². The van der Waals surface area contributed by atoms with Gasteiger partial charge >= 0.3 is 12.1 Å². The Kier molecular flexibility index (Phi) is 7.13. The summed E-state index contributed by atoms with van der Waals surface area (Å²) in [7, 11) is 0. The van der Waals surface area contributed by atoms with E-state index in [9.17, 15) is 9.59 Å². The number of hydrogen-bond donors (Lipinski definition) is 2. The molecular weight excluding hydrogens is 254 g/mol. The van der Waals surface area contributed by atoms with Crippen LogP contribution in [-0.2, 0) is 9.53 Å². The molecule has 5 nitrogen and oxygen atoms in total. The second-order valence-corrected chi connectivity index (χ2v) is 6.93. The van der Waals surface area contributed by atoms with Gasteiger partial charge in [0, 0.05) is 0 Å². The summed E-state index contributed by atoms with van der Waals surface area (Å²) in [6, 6.07) is -0.897. The highest BCUT2D eigenvalue weighted by atomic mass is 32.2. The molecule has 0 aliphatic heterocycles. The molecule has 0 saturated carbocycles. The minimum atomic E-state index is -1.04. The Bertz CT molecular complexity index is 286. The quantitative estimate of drug-likeness (QED) is 0.780. The Morgan fingerprint density at radius 3 is 2.28 bits per heavy atom. The van der Waals surface area contributed by atoms with Gasteiger partial charge in [-0.3, -0.25) is 0 Å². The molecule has 1 amide bonds. The van der Waals surface area contributed by atoms with Gasteiger partial charge in [-0.05, 0) is 38.2 Å². The van der Waals surface area contributed by atoms with Gasteiger partial charge in [-0.2, -0.15) is 11.8 Å². The van der Waals surface area contributed by atoms with Crippen molar-refractivity contribution in [1.29, 1.82) is 0 Å². The predicted octanol–water partition coefficient (Wildman–Crippen LogP) is 2.50. The number of carboxylic acids is 1. The highest BCUT2D eigenvalue weighted by molar-refractivity contribution is 7.99. The van der Waals surface area contributed by atoms with Gasteiger partial charge in [0.1, 0.15) is 11.6 Å². The van der Waals surface area contributed by atoms with E-state index in [1.54, 1.807) is 32.5 Å². The van der Waals surface area contributed by atoms with E-state index in [1.165, 1.54) is 0 Å². The predicted molar refractivity (Wildman–Crippen MR) is 73.0 cm³/mol. The maximum absolute atomic E-state index is 11.5. The van der Waals surface area contributed by atoms with Crippen LogP contribution < -0.4 is 5.32 Å². The highest BCUT2D eigenvalue weighted by Crippen LogP contribution is 2.12. The first kappa shape index (κ1) is 17.1. The van der Waals surface area contributed by atoms with Crippen molar-refractivity contribution in [1.82, 2.24) is 5.32 Å². The molecule has 0 spiro atoms. The van der Waals surface area contributed by atoms with E-state index in [4.69, 9.17) is 9.84 Å². The van der Waals surface area contributed by atoms with E-state index in [0.29, 0.717) is 17.4 Å². The largest absolute Gasteiger partial charge is 0.480 e. The van der Waals surface area contributed by atoms with Gasteiger partial charge in [-0.1, -0.05) is 13.8 Å². The number of ether oxygens (including phenoxy) is 1. The van der Waals surface area contributed by atoms with E-state index in [0.717, 1.165) is 0 Å². The fourth-order valence-electron chi connectivity index (χ4n) is 1.13. The Hall–Kier alpha value is -0.910. The molecule has 6 heteroatoms. The maximum Gasteiger partial charge on any atom is 0.408 e. The first-order valence-corrected chi connectivity index (χ1v) is 7.00. The van der Waals surface area contributed by atoms with Crippen LogP contribution in [0.15, 0.2) is 0 Å². The SMILES string of the molecule is CC(C)SCC[C@@H](NC(=O)OC(C)(C)C)C(=O)O. The van der Waals surface area contributed by atoms with Gasteiger partial charge < -0.3 is 15.2 Å². The van der Waals surface area contributed by atoms with Gasteiger partial charge in [0.25, 0.3) is 0 Å². The fraction of sp³-hybridized carbons (Fsp3) is 0.833. The Morgan fingerprint density at radius 1 is 1.33 bits per heavy atom. The third-order valence-electron chi connectivity index (χ3n) is 1.85. The molecular formula is C12H23NO4S. The number of carboxylic acid groups (broad SMARTS) is 1. The monoisotopic (exact) mass is 277 g/mol. The van der Waals surface area contributed by atoms with Crippen molar-refractivity contribution in [2.24, 2.45) is 0 Å². The summed E-state index contributed by atoms with van der Waals surface area (Å²) in [5.74, 6) is -0.352. The van der Waals surface area contributed by atoms with Crippen LogP contribution >= 0.6 is 11.8 Å². The van der Waals surface area contributed by atoms with E-state index in [1.807, 2.05) is 13.8 Å². The average molecular weight is 277 g/mol. The second-order valence-electron chi connectivity index (χ2n) is 5.25. The van der Waals surface area contributed by atoms with Crippen molar-refractivity contribution in [3.63, 3.8) is 0 Å². The third kappa shape index (κ3) is 9.15. The van der Waals surface area contributed by atoms with Crippen molar-refractivity contribution in [3.05, 3.63) is 0 Å². The lowest BCUT2D eigenvalue weighted by Crippen LogP contribution is -2.43. The van der Waals surface area contributed by atoms with Gasteiger partial charge in [0.05, 0.1) is 0 Å².